The molecule has 0 aromatic heterocycles. The Labute approximate surface area is 152 Å². The number of carbonyl (C=O) groups excluding carboxylic acids is 2. The standard InChI is InChI=1S/C20H21ClN2O2/c1-14-9-11-23(12-10-14)20(25)16-4-2-3-15(13-16)19(24)22-18-7-5-17(21)6-8-18/h2-8,13-14H,9-12H2,1H3,(H,22,24). The number of hydrogen-bond donors (Lipinski definition) is 1. The van der Waals surface area contributed by atoms with E-state index in [2.05, 4.69) is 12.2 Å². The van der Waals surface area contributed by atoms with Crippen LogP contribution in [0, 0.1) is 5.92 Å². The molecule has 1 heterocycles. The molecule has 0 unspecified atom stereocenters. The third kappa shape index (κ3) is 4.40. The van der Waals surface area contributed by atoms with Crippen molar-refractivity contribution >= 4 is 29.1 Å². The van der Waals surface area contributed by atoms with E-state index in [1.54, 1.807) is 48.5 Å². The van der Waals surface area contributed by atoms with E-state index in [9.17, 15) is 9.59 Å². The quantitative estimate of drug-likeness (QED) is 0.882. The molecule has 25 heavy (non-hydrogen) atoms. The van der Waals surface area contributed by atoms with Crippen LogP contribution in [0.25, 0.3) is 0 Å². The van der Waals surface area contributed by atoms with Crippen LogP contribution in [0.3, 0.4) is 0 Å². The van der Waals surface area contributed by atoms with Gasteiger partial charge >= 0.3 is 0 Å². The molecule has 0 spiro atoms. The Kier molecular flexibility index (Phi) is 5.39. The molecule has 0 saturated carbocycles. The molecule has 5 heteroatoms. The summed E-state index contributed by atoms with van der Waals surface area (Å²) in [4.78, 5) is 27.0. The number of rotatable bonds is 3. The Morgan fingerprint density at radius 1 is 1.04 bits per heavy atom. The molecule has 1 aliphatic heterocycles. The van der Waals surface area contributed by atoms with Crippen molar-refractivity contribution in [3.05, 3.63) is 64.7 Å². The minimum absolute atomic E-state index is 0.00644. The second-order valence-corrected chi connectivity index (χ2v) is 6.95. The summed E-state index contributed by atoms with van der Waals surface area (Å²) in [6.45, 7) is 3.77. The van der Waals surface area contributed by atoms with Gasteiger partial charge in [0, 0.05) is 34.9 Å². The maximum absolute atomic E-state index is 12.7. The minimum Gasteiger partial charge on any atom is -0.339 e. The third-order valence-electron chi connectivity index (χ3n) is 4.54. The molecule has 0 bridgehead atoms. The molecule has 3 rings (SSSR count). The van der Waals surface area contributed by atoms with Gasteiger partial charge in [-0.05, 0) is 61.2 Å². The van der Waals surface area contributed by atoms with Gasteiger partial charge < -0.3 is 10.2 Å². The number of halogens is 1. The summed E-state index contributed by atoms with van der Waals surface area (Å²) in [5, 5.41) is 3.43. The molecule has 0 radical (unpaired) electrons. The van der Waals surface area contributed by atoms with Crippen LogP contribution in [0.4, 0.5) is 5.69 Å². The van der Waals surface area contributed by atoms with Crippen molar-refractivity contribution in [2.45, 2.75) is 19.8 Å². The Morgan fingerprint density at radius 3 is 2.36 bits per heavy atom. The van der Waals surface area contributed by atoms with Gasteiger partial charge in [0.15, 0.2) is 0 Å². The Balaban J connectivity index is 1.71. The van der Waals surface area contributed by atoms with Crippen LogP contribution in [-0.4, -0.2) is 29.8 Å². The van der Waals surface area contributed by atoms with E-state index in [0.29, 0.717) is 27.8 Å². The summed E-state index contributed by atoms with van der Waals surface area (Å²) in [6, 6.07) is 13.8. The van der Waals surface area contributed by atoms with E-state index >= 15 is 0 Å². The summed E-state index contributed by atoms with van der Waals surface area (Å²) in [5.74, 6) is 0.415. The highest BCUT2D eigenvalue weighted by molar-refractivity contribution is 6.30. The Morgan fingerprint density at radius 2 is 1.68 bits per heavy atom. The molecule has 0 aliphatic carbocycles. The molecule has 4 nitrogen and oxygen atoms in total. The molecular formula is C20H21ClN2O2. The van der Waals surface area contributed by atoms with Crippen LogP contribution in [-0.2, 0) is 0 Å². The highest BCUT2D eigenvalue weighted by Crippen LogP contribution is 2.19. The number of likely N-dealkylation sites (tertiary alicyclic amines) is 1. The van der Waals surface area contributed by atoms with E-state index in [4.69, 9.17) is 11.6 Å². The molecule has 1 aliphatic rings. The van der Waals surface area contributed by atoms with Gasteiger partial charge in [-0.25, -0.2) is 0 Å². The second kappa shape index (κ2) is 7.70. The van der Waals surface area contributed by atoms with E-state index in [1.807, 2.05) is 4.90 Å². The van der Waals surface area contributed by atoms with Gasteiger partial charge in [0.05, 0.1) is 0 Å². The zero-order valence-corrected chi connectivity index (χ0v) is 14.9. The second-order valence-electron chi connectivity index (χ2n) is 6.52. The van der Waals surface area contributed by atoms with E-state index < -0.39 is 0 Å². The maximum Gasteiger partial charge on any atom is 0.255 e. The number of anilines is 1. The normalized spacial score (nSPS) is 15.0. The molecule has 2 aromatic carbocycles. The predicted octanol–water partition coefficient (Wildman–Crippen LogP) is 4.46. The Hall–Kier alpha value is -2.33. The van der Waals surface area contributed by atoms with Gasteiger partial charge in [-0.2, -0.15) is 0 Å². The molecule has 1 fully saturated rings. The first kappa shape index (κ1) is 17.5. The topological polar surface area (TPSA) is 49.4 Å². The highest BCUT2D eigenvalue weighted by atomic mass is 35.5. The predicted molar refractivity (Wildman–Crippen MR) is 100 cm³/mol. The summed E-state index contributed by atoms with van der Waals surface area (Å²) in [7, 11) is 0. The van der Waals surface area contributed by atoms with Crippen molar-refractivity contribution in [3.8, 4) is 0 Å². The fraction of sp³-hybridized carbons (Fsp3) is 0.300. The van der Waals surface area contributed by atoms with Crippen LogP contribution in [0.2, 0.25) is 5.02 Å². The van der Waals surface area contributed by atoms with Gasteiger partial charge in [-0.15, -0.1) is 0 Å². The number of nitrogens with zero attached hydrogens (tertiary/aromatic N) is 1. The first-order valence-corrected chi connectivity index (χ1v) is 8.87. The van der Waals surface area contributed by atoms with E-state index in [-0.39, 0.29) is 11.8 Å². The summed E-state index contributed by atoms with van der Waals surface area (Å²) < 4.78 is 0. The van der Waals surface area contributed by atoms with Crippen molar-refractivity contribution in [1.82, 2.24) is 4.90 Å². The van der Waals surface area contributed by atoms with Crippen molar-refractivity contribution in [3.63, 3.8) is 0 Å². The molecule has 2 aromatic rings. The smallest absolute Gasteiger partial charge is 0.255 e. The summed E-state index contributed by atoms with van der Waals surface area (Å²) >= 11 is 5.85. The summed E-state index contributed by atoms with van der Waals surface area (Å²) in [6.07, 6.45) is 2.06. The lowest BCUT2D eigenvalue weighted by molar-refractivity contribution is 0.0697. The van der Waals surface area contributed by atoms with Crippen LogP contribution < -0.4 is 5.32 Å². The first-order chi connectivity index (χ1) is 12.0. The van der Waals surface area contributed by atoms with Crippen LogP contribution >= 0.6 is 11.6 Å². The average molecular weight is 357 g/mol. The zero-order chi connectivity index (χ0) is 17.8. The largest absolute Gasteiger partial charge is 0.339 e. The van der Waals surface area contributed by atoms with Gasteiger partial charge in [-0.3, -0.25) is 9.59 Å². The molecule has 0 atom stereocenters. The number of amides is 2. The maximum atomic E-state index is 12.7. The number of nitrogens with one attached hydrogen (secondary N) is 1. The van der Waals surface area contributed by atoms with Crippen molar-refractivity contribution in [2.75, 3.05) is 18.4 Å². The number of carbonyl (C=O) groups is 2. The molecule has 130 valence electrons. The number of hydrogen-bond acceptors (Lipinski definition) is 2. The monoisotopic (exact) mass is 356 g/mol. The van der Waals surface area contributed by atoms with Gasteiger partial charge in [0.25, 0.3) is 11.8 Å². The number of benzene rings is 2. The Bertz CT molecular complexity index is 766. The van der Waals surface area contributed by atoms with Gasteiger partial charge in [0.2, 0.25) is 0 Å². The van der Waals surface area contributed by atoms with Crippen LogP contribution in [0.1, 0.15) is 40.5 Å². The van der Waals surface area contributed by atoms with Gasteiger partial charge in [0.1, 0.15) is 0 Å². The molecular weight excluding hydrogens is 336 g/mol. The average Bonchev–Trinajstić information content (AvgIpc) is 2.64. The van der Waals surface area contributed by atoms with E-state index in [1.165, 1.54) is 0 Å². The summed E-state index contributed by atoms with van der Waals surface area (Å²) in [5.41, 5.74) is 1.68. The van der Waals surface area contributed by atoms with E-state index in [0.717, 1.165) is 25.9 Å². The van der Waals surface area contributed by atoms with Gasteiger partial charge in [-0.1, -0.05) is 24.6 Å². The lowest BCUT2D eigenvalue weighted by Crippen LogP contribution is -2.38. The lowest BCUT2D eigenvalue weighted by Gasteiger charge is -2.30. The number of piperidine rings is 1. The molecule has 1 N–H and O–H groups in total. The lowest BCUT2D eigenvalue weighted by atomic mass is 9.98. The fourth-order valence-electron chi connectivity index (χ4n) is 2.92. The van der Waals surface area contributed by atoms with Crippen molar-refractivity contribution in [1.29, 1.82) is 0 Å². The zero-order valence-electron chi connectivity index (χ0n) is 14.2. The molecule has 2 amide bonds. The van der Waals surface area contributed by atoms with Crippen molar-refractivity contribution < 1.29 is 9.59 Å². The fourth-order valence-corrected chi connectivity index (χ4v) is 3.05. The van der Waals surface area contributed by atoms with Crippen LogP contribution in [0.5, 0.6) is 0 Å². The highest BCUT2D eigenvalue weighted by Gasteiger charge is 2.22. The minimum atomic E-state index is -0.246. The van der Waals surface area contributed by atoms with Crippen molar-refractivity contribution in [2.24, 2.45) is 5.92 Å². The SMILES string of the molecule is CC1CCN(C(=O)c2cccc(C(=O)Nc3ccc(Cl)cc3)c2)CC1. The van der Waals surface area contributed by atoms with Crippen LogP contribution in [0.15, 0.2) is 48.5 Å². The molecule has 1 saturated heterocycles. The first-order valence-electron chi connectivity index (χ1n) is 8.49. The third-order valence-corrected chi connectivity index (χ3v) is 4.80.